The number of aromatic nitrogens is 3. The molecule has 3 aromatic heterocycles. The molecule has 1 fully saturated rings. The van der Waals surface area contributed by atoms with Crippen LogP contribution < -0.4 is 4.90 Å². The predicted octanol–water partition coefficient (Wildman–Crippen LogP) is 4.03. The molecule has 4 rings (SSSR count). The van der Waals surface area contributed by atoms with Crippen LogP contribution in [-0.2, 0) is 4.74 Å². The summed E-state index contributed by atoms with van der Waals surface area (Å²) in [7, 11) is 0. The maximum Gasteiger partial charge on any atom is 0.148 e. The summed E-state index contributed by atoms with van der Waals surface area (Å²) in [5.74, 6) is 1.69. The highest BCUT2D eigenvalue weighted by Crippen LogP contribution is 2.33. The molecule has 6 nitrogen and oxygen atoms in total. The Balaban J connectivity index is 1.82. The zero-order valence-electron chi connectivity index (χ0n) is 16.1. The maximum absolute atomic E-state index is 5.85. The Morgan fingerprint density at radius 2 is 1.81 bits per heavy atom. The molecular weight excluding hydrogens is 340 g/mol. The van der Waals surface area contributed by atoms with E-state index in [2.05, 4.69) is 23.7 Å². The molecule has 2 unspecified atom stereocenters. The first-order chi connectivity index (χ1) is 13.0. The molecule has 1 aliphatic rings. The van der Waals surface area contributed by atoms with Gasteiger partial charge in [0.25, 0.3) is 0 Å². The van der Waals surface area contributed by atoms with Gasteiger partial charge in [0.1, 0.15) is 17.3 Å². The molecule has 3 aromatic rings. The largest absolute Gasteiger partial charge is 0.469 e. The molecule has 0 N–H and O–H groups in total. The predicted molar refractivity (Wildman–Crippen MR) is 105 cm³/mol. The molecule has 140 valence electrons. The fourth-order valence-electron chi connectivity index (χ4n) is 3.62. The normalized spacial score (nSPS) is 20.1. The van der Waals surface area contributed by atoms with Crippen molar-refractivity contribution in [1.29, 1.82) is 0 Å². The van der Waals surface area contributed by atoms with Gasteiger partial charge in [-0.05, 0) is 45.9 Å². The van der Waals surface area contributed by atoms with Crippen LogP contribution in [0.15, 0.2) is 41.3 Å². The van der Waals surface area contributed by atoms with Crippen LogP contribution in [0.3, 0.4) is 0 Å². The Kier molecular flexibility index (Phi) is 4.66. The Hall–Kier alpha value is -2.73. The van der Waals surface area contributed by atoms with Gasteiger partial charge in [-0.2, -0.15) is 0 Å². The van der Waals surface area contributed by atoms with E-state index in [0.717, 1.165) is 52.9 Å². The van der Waals surface area contributed by atoms with Crippen LogP contribution in [0.25, 0.3) is 22.5 Å². The lowest BCUT2D eigenvalue weighted by atomic mass is 10.0. The van der Waals surface area contributed by atoms with Crippen LogP contribution in [0, 0.1) is 13.8 Å². The van der Waals surface area contributed by atoms with E-state index in [1.807, 2.05) is 38.2 Å². The Morgan fingerprint density at radius 1 is 1.04 bits per heavy atom. The number of rotatable bonds is 3. The van der Waals surface area contributed by atoms with Crippen LogP contribution in [0.5, 0.6) is 0 Å². The summed E-state index contributed by atoms with van der Waals surface area (Å²) in [5.41, 5.74) is 4.58. The topological polar surface area (TPSA) is 64.3 Å². The van der Waals surface area contributed by atoms with Crippen molar-refractivity contribution < 1.29 is 9.15 Å². The highest BCUT2D eigenvalue weighted by molar-refractivity contribution is 5.79. The Morgan fingerprint density at radius 3 is 2.48 bits per heavy atom. The maximum atomic E-state index is 5.85. The number of nitrogens with zero attached hydrogens (tertiary/aromatic N) is 4. The highest BCUT2D eigenvalue weighted by Gasteiger charge is 2.25. The second kappa shape index (κ2) is 7.12. The quantitative estimate of drug-likeness (QED) is 0.699. The van der Waals surface area contributed by atoms with E-state index >= 15 is 0 Å². The number of morpholine rings is 1. The van der Waals surface area contributed by atoms with Crippen LogP contribution >= 0.6 is 0 Å². The SMILES string of the molecule is Cc1cc(-c2ncc(N3CC(C)OC(C)C3)nc2-c2ccoc2C)ccn1. The smallest absolute Gasteiger partial charge is 0.148 e. The Bertz CT molecular complexity index is 943. The Labute approximate surface area is 159 Å². The van der Waals surface area contributed by atoms with Gasteiger partial charge in [-0.25, -0.2) is 4.98 Å². The average Bonchev–Trinajstić information content (AvgIpc) is 3.06. The molecule has 0 aliphatic carbocycles. The van der Waals surface area contributed by atoms with Crippen molar-refractivity contribution in [2.45, 2.75) is 39.9 Å². The molecule has 1 aliphatic heterocycles. The highest BCUT2D eigenvalue weighted by atomic mass is 16.5. The van der Waals surface area contributed by atoms with Gasteiger partial charge in [0, 0.05) is 36.1 Å². The molecule has 4 heterocycles. The molecule has 27 heavy (non-hydrogen) atoms. The molecule has 1 saturated heterocycles. The first-order valence-electron chi connectivity index (χ1n) is 9.26. The third-order valence-corrected chi connectivity index (χ3v) is 4.79. The van der Waals surface area contributed by atoms with Crippen molar-refractivity contribution in [3.63, 3.8) is 0 Å². The molecule has 0 bridgehead atoms. The van der Waals surface area contributed by atoms with Gasteiger partial charge in [-0.1, -0.05) is 0 Å². The minimum Gasteiger partial charge on any atom is -0.469 e. The number of hydrogen-bond donors (Lipinski definition) is 0. The summed E-state index contributed by atoms with van der Waals surface area (Å²) in [6, 6.07) is 5.95. The van der Waals surface area contributed by atoms with Gasteiger partial charge in [-0.3, -0.25) is 9.97 Å². The van der Waals surface area contributed by atoms with E-state index in [1.54, 1.807) is 12.5 Å². The lowest BCUT2D eigenvalue weighted by Gasteiger charge is -2.36. The number of anilines is 1. The van der Waals surface area contributed by atoms with Gasteiger partial charge >= 0.3 is 0 Å². The molecular formula is C21H24N4O2. The monoisotopic (exact) mass is 364 g/mol. The van der Waals surface area contributed by atoms with Crippen molar-refractivity contribution in [1.82, 2.24) is 15.0 Å². The fraction of sp³-hybridized carbons (Fsp3) is 0.381. The number of hydrogen-bond acceptors (Lipinski definition) is 6. The standard InChI is InChI=1S/C21H24N4O2/c1-13-9-17(5-7-22-13)20-21(18-6-8-26-16(18)4)24-19(10-23-20)25-11-14(2)27-15(3)12-25/h5-10,14-15H,11-12H2,1-4H3. The number of furan rings is 1. The second-order valence-electron chi connectivity index (χ2n) is 7.16. The van der Waals surface area contributed by atoms with Crippen molar-refractivity contribution in [2.24, 2.45) is 0 Å². The van der Waals surface area contributed by atoms with E-state index in [4.69, 9.17) is 19.1 Å². The molecule has 2 atom stereocenters. The number of ether oxygens (including phenoxy) is 1. The lowest BCUT2D eigenvalue weighted by molar-refractivity contribution is -0.00547. The van der Waals surface area contributed by atoms with E-state index in [9.17, 15) is 0 Å². The van der Waals surface area contributed by atoms with Crippen LogP contribution in [-0.4, -0.2) is 40.2 Å². The zero-order valence-corrected chi connectivity index (χ0v) is 16.1. The fourth-order valence-corrected chi connectivity index (χ4v) is 3.62. The second-order valence-corrected chi connectivity index (χ2v) is 7.16. The minimum atomic E-state index is 0.164. The third-order valence-electron chi connectivity index (χ3n) is 4.79. The van der Waals surface area contributed by atoms with Gasteiger partial charge in [-0.15, -0.1) is 0 Å². The van der Waals surface area contributed by atoms with Crippen LogP contribution in [0.2, 0.25) is 0 Å². The van der Waals surface area contributed by atoms with E-state index < -0.39 is 0 Å². The van der Waals surface area contributed by atoms with Crippen molar-refractivity contribution in [3.05, 3.63) is 48.3 Å². The van der Waals surface area contributed by atoms with Gasteiger partial charge in [0.15, 0.2) is 0 Å². The summed E-state index contributed by atoms with van der Waals surface area (Å²) in [5, 5.41) is 0. The summed E-state index contributed by atoms with van der Waals surface area (Å²) >= 11 is 0. The molecule has 0 amide bonds. The first-order valence-corrected chi connectivity index (χ1v) is 9.26. The summed E-state index contributed by atoms with van der Waals surface area (Å²) in [4.78, 5) is 16.3. The summed E-state index contributed by atoms with van der Waals surface area (Å²) in [6.07, 6.45) is 5.68. The average molecular weight is 364 g/mol. The van der Waals surface area contributed by atoms with Crippen molar-refractivity contribution in [2.75, 3.05) is 18.0 Å². The molecule has 6 heteroatoms. The molecule has 0 saturated carbocycles. The molecule has 0 spiro atoms. The number of pyridine rings is 1. The molecule has 0 aromatic carbocycles. The summed E-state index contributed by atoms with van der Waals surface area (Å²) in [6.45, 7) is 9.71. The molecule has 0 radical (unpaired) electrons. The van der Waals surface area contributed by atoms with Crippen molar-refractivity contribution >= 4 is 5.82 Å². The van der Waals surface area contributed by atoms with E-state index in [0.29, 0.717) is 0 Å². The number of aryl methyl sites for hydroxylation is 2. The van der Waals surface area contributed by atoms with E-state index in [1.165, 1.54) is 0 Å². The van der Waals surface area contributed by atoms with Crippen LogP contribution in [0.1, 0.15) is 25.3 Å². The van der Waals surface area contributed by atoms with Crippen LogP contribution in [0.4, 0.5) is 5.82 Å². The van der Waals surface area contributed by atoms with Gasteiger partial charge in [0.05, 0.1) is 30.4 Å². The first kappa shape index (κ1) is 17.7. The third kappa shape index (κ3) is 3.57. The van der Waals surface area contributed by atoms with E-state index in [-0.39, 0.29) is 12.2 Å². The van der Waals surface area contributed by atoms with Gasteiger partial charge < -0.3 is 14.1 Å². The zero-order chi connectivity index (χ0) is 19.0. The van der Waals surface area contributed by atoms with Crippen molar-refractivity contribution in [3.8, 4) is 22.5 Å². The van der Waals surface area contributed by atoms with Gasteiger partial charge in [0.2, 0.25) is 0 Å². The minimum absolute atomic E-state index is 0.164. The lowest BCUT2D eigenvalue weighted by Crippen LogP contribution is -2.45. The summed E-state index contributed by atoms with van der Waals surface area (Å²) < 4.78 is 11.4.